The number of carbonyl (C=O) groups is 3. The van der Waals surface area contributed by atoms with E-state index in [-0.39, 0.29) is 18.1 Å². The van der Waals surface area contributed by atoms with Crippen molar-refractivity contribution in [2.24, 2.45) is 17.8 Å². The Labute approximate surface area is 171 Å². The third-order valence-electron chi connectivity index (χ3n) is 5.21. The van der Waals surface area contributed by atoms with Crippen molar-refractivity contribution in [1.82, 2.24) is 0 Å². The number of hydrogen-bond donors (Lipinski definition) is 1. The van der Waals surface area contributed by atoms with Gasteiger partial charge in [-0.05, 0) is 54.9 Å². The molecule has 1 N–H and O–H groups in total. The van der Waals surface area contributed by atoms with Gasteiger partial charge >= 0.3 is 11.9 Å². The second kappa shape index (κ2) is 10.6. The van der Waals surface area contributed by atoms with E-state index < -0.39 is 24.5 Å². The number of carbonyl (C=O) groups excluding carboxylic acids is 3. The Morgan fingerprint density at radius 1 is 1.21 bits per heavy atom. The highest BCUT2D eigenvalue weighted by atomic mass is 16.6. The maximum Gasteiger partial charge on any atom is 0.344 e. The number of ether oxygens (including phenoxy) is 2. The molecule has 3 unspecified atom stereocenters. The molecule has 0 saturated heterocycles. The topological polar surface area (TPSA) is 105 Å². The SMILES string of the molecule is CC1CCC(C(C)C)C(OC(=O)COC(=O)c2ccc(NC(=O)CC#N)cc2)C1. The van der Waals surface area contributed by atoms with Crippen molar-refractivity contribution in [1.29, 1.82) is 5.26 Å². The lowest BCUT2D eigenvalue weighted by Gasteiger charge is -2.36. The van der Waals surface area contributed by atoms with Gasteiger partial charge in [-0.3, -0.25) is 4.79 Å². The fourth-order valence-electron chi connectivity index (χ4n) is 3.63. The minimum Gasteiger partial charge on any atom is -0.460 e. The number of anilines is 1. The molecule has 0 aromatic heterocycles. The fraction of sp³-hybridized carbons (Fsp3) is 0.545. The van der Waals surface area contributed by atoms with E-state index in [0.717, 1.165) is 19.3 Å². The second-order valence-electron chi connectivity index (χ2n) is 7.89. The molecule has 0 radical (unpaired) electrons. The largest absolute Gasteiger partial charge is 0.460 e. The quantitative estimate of drug-likeness (QED) is 0.700. The average Bonchev–Trinajstić information content (AvgIpc) is 2.66. The monoisotopic (exact) mass is 400 g/mol. The van der Waals surface area contributed by atoms with Gasteiger partial charge in [-0.25, -0.2) is 9.59 Å². The summed E-state index contributed by atoms with van der Waals surface area (Å²) in [5.41, 5.74) is 0.717. The van der Waals surface area contributed by atoms with Gasteiger partial charge in [0.2, 0.25) is 5.91 Å². The summed E-state index contributed by atoms with van der Waals surface area (Å²) in [7, 11) is 0. The number of nitrogens with one attached hydrogen (secondary N) is 1. The van der Waals surface area contributed by atoms with Crippen LogP contribution in [0.25, 0.3) is 0 Å². The van der Waals surface area contributed by atoms with E-state index in [1.807, 2.05) is 0 Å². The van der Waals surface area contributed by atoms with Crippen molar-refractivity contribution >= 4 is 23.5 Å². The third kappa shape index (κ3) is 6.90. The number of hydrogen-bond acceptors (Lipinski definition) is 6. The van der Waals surface area contributed by atoms with Crippen LogP contribution in [0.15, 0.2) is 24.3 Å². The summed E-state index contributed by atoms with van der Waals surface area (Å²) in [5, 5.41) is 11.0. The molecule has 0 bridgehead atoms. The van der Waals surface area contributed by atoms with Crippen LogP contribution in [0.2, 0.25) is 0 Å². The Kier molecular flexibility index (Phi) is 8.20. The van der Waals surface area contributed by atoms with Crippen LogP contribution in [0.4, 0.5) is 5.69 Å². The maximum absolute atomic E-state index is 12.2. The molecule has 0 aliphatic heterocycles. The first-order valence-corrected chi connectivity index (χ1v) is 9.93. The summed E-state index contributed by atoms with van der Waals surface area (Å²) in [6.45, 7) is 5.99. The first-order valence-electron chi connectivity index (χ1n) is 9.93. The predicted molar refractivity (Wildman–Crippen MR) is 107 cm³/mol. The third-order valence-corrected chi connectivity index (χ3v) is 5.21. The lowest BCUT2D eigenvalue weighted by atomic mass is 9.75. The fourth-order valence-corrected chi connectivity index (χ4v) is 3.63. The van der Waals surface area contributed by atoms with Gasteiger partial charge in [0, 0.05) is 5.69 Å². The zero-order valence-corrected chi connectivity index (χ0v) is 17.1. The Bertz CT molecular complexity index is 766. The Morgan fingerprint density at radius 2 is 1.90 bits per heavy atom. The molecule has 1 amide bonds. The van der Waals surface area contributed by atoms with Crippen molar-refractivity contribution in [2.75, 3.05) is 11.9 Å². The van der Waals surface area contributed by atoms with Gasteiger partial charge in [0.15, 0.2) is 6.61 Å². The number of rotatable bonds is 7. The predicted octanol–water partition coefficient (Wildman–Crippen LogP) is 3.70. The zero-order chi connectivity index (χ0) is 21.4. The van der Waals surface area contributed by atoms with Crippen molar-refractivity contribution in [3.63, 3.8) is 0 Å². The lowest BCUT2D eigenvalue weighted by Crippen LogP contribution is -2.36. The van der Waals surface area contributed by atoms with Crippen LogP contribution in [0.1, 0.15) is 56.8 Å². The van der Waals surface area contributed by atoms with Crippen molar-refractivity contribution in [2.45, 2.75) is 52.6 Å². The van der Waals surface area contributed by atoms with E-state index >= 15 is 0 Å². The van der Waals surface area contributed by atoms with E-state index in [0.29, 0.717) is 23.4 Å². The van der Waals surface area contributed by atoms with Gasteiger partial charge in [0.05, 0.1) is 11.6 Å². The molecule has 0 spiro atoms. The van der Waals surface area contributed by atoms with E-state index in [1.165, 1.54) is 24.3 Å². The molecule has 156 valence electrons. The summed E-state index contributed by atoms with van der Waals surface area (Å²) < 4.78 is 10.7. The van der Waals surface area contributed by atoms with Crippen molar-refractivity contribution < 1.29 is 23.9 Å². The molecule has 3 atom stereocenters. The van der Waals surface area contributed by atoms with Gasteiger partial charge in [0.1, 0.15) is 12.5 Å². The van der Waals surface area contributed by atoms with Crippen LogP contribution in [-0.4, -0.2) is 30.6 Å². The highest BCUT2D eigenvalue weighted by Crippen LogP contribution is 2.35. The number of benzene rings is 1. The average molecular weight is 400 g/mol. The van der Waals surface area contributed by atoms with E-state index in [4.69, 9.17) is 14.7 Å². The van der Waals surface area contributed by atoms with Crippen LogP contribution >= 0.6 is 0 Å². The highest BCUT2D eigenvalue weighted by Gasteiger charge is 2.33. The summed E-state index contributed by atoms with van der Waals surface area (Å²) in [4.78, 5) is 35.7. The van der Waals surface area contributed by atoms with Gasteiger partial charge < -0.3 is 14.8 Å². The van der Waals surface area contributed by atoms with Crippen LogP contribution < -0.4 is 5.32 Å². The summed E-state index contributed by atoms with van der Waals surface area (Å²) in [5.74, 6) is -0.345. The minimum absolute atomic E-state index is 0.138. The summed E-state index contributed by atoms with van der Waals surface area (Å²) >= 11 is 0. The molecule has 7 heteroatoms. The molecule has 7 nitrogen and oxygen atoms in total. The van der Waals surface area contributed by atoms with E-state index in [9.17, 15) is 14.4 Å². The van der Waals surface area contributed by atoms with Crippen LogP contribution in [0.5, 0.6) is 0 Å². The molecule has 1 aromatic carbocycles. The Morgan fingerprint density at radius 3 is 2.52 bits per heavy atom. The normalized spacial score (nSPS) is 21.1. The number of amides is 1. The zero-order valence-electron chi connectivity index (χ0n) is 17.1. The molecule has 1 saturated carbocycles. The molecule has 0 heterocycles. The van der Waals surface area contributed by atoms with Gasteiger partial charge in [0.25, 0.3) is 0 Å². The maximum atomic E-state index is 12.2. The highest BCUT2D eigenvalue weighted by molar-refractivity contribution is 5.94. The van der Waals surface area contributed by atoms with Gasteiger partial charge in [-0.2, -0.15) is 5.26 Å². The lowest BCUT2D eigenvalue weighted by molar-refractivity contribution is -0.159. The van der Waals surface area contributed by atoms with Crippen LogP contribution in [-0.2, 0) is 19.1 Å². The first-order chi connectivity index (χ1) is 13.8. The van der Waals surface area contributed by atoms with Crippen molar-refractivity contribution in [3.05, 3.63) is 29.8 Å². The molecule has 1 aliphatic carbocycles. The van der Waals surface area contributed by atoms with E-state index in [1.54, 1.807) is 6.07 Å². The summed E-state index contributed by atoms with van der Waals surface area (Å²) in [6.07, 6.45) is 2.62. The van der Waals surface area contributed by atoms with Gasteiger partial charge in [-0.15, -0.1) is 0 Å². The van der Waals surface area contributed by atoms with Crippen LogP contribution in [0.3, 0.4) is 0 Å². The molecule has 29 heavy (non-hydrogen) atoms. The molecule has 1 aromatic rings. The molecular weight excluding hydrogens is 372 g/mol. The van der Waals surface area contributed by atoms with Crippen molar-refractivity contribution in [3.8, 4) is 6.07 Å². The molecular formula is C22H28N2O5. The number of esters is 2. The Balaban J connectivity index is 1.84. The molecule has 2 rings (SSSR count). The molecule has 1 aliphatic rings. The van der Waals surface area contributed by atoms with E-state index in [2.05, 4.69) is 26.1 Å². The van der Waals surface area contributed by atoms with Gasteiger partial charge in [-0.1, -0.05) is 27.2 Å². The number of nitrogens with zero attached hydrogens (tertiary/aromatic N) is 1. The standard InChI is InChI=1S/C22H28N2O5/c1-14(2)18-9-4-15(3)12-19(18)29-21(26)13-28-22(27)16-5-7-17(8-6-16)24-20(25)10-11-23/h5-8,14-15,18-19H,4,9-10,12-13H2,1-3H3,(H,24,25). The second-order valence-corrected chi connectivity index (χ2v) is 7.89. The smallest absolute Gasteiger partial charge is 0.344 e. The number of nitriles is 1. The first kappa shape index (κ1) is 22.4. The Hall–Kier alpha value is -2.88. The summed E-state index contributed by atoms with van der Waals surface area (Å²) in [6, 6.07) is 7.77. The molecule has 1 fully saturated rings. The minimum atomic E-state index is -0.644. The van der Waals surface area contributed by atoms with Crippen LogP contribution in [0, 0.1) is 29.1 Å².